The van der Waals surface area contributed by atoms with Gasteiger partial charge in [-0.15, -0.1) is 0 Å². The molecule has 0 saturated carbocycles. The molecule has 1 aliphatic rings. The number of anilines is 2. The van der Waals surface area contributed by atoms with E-state index in [2.05, 4.69) is 21.8 Å². The topological polar surface area (TPSA) is 55.0 Å². The highest BCUT2D eigenvalue weighted by atomic mass is 15.2. The van der Waals surface area contributed by atoms with Gasteiger partial charge < -0.3 is 10.6 Å². The van der Waals surface area contributed by atoms with Crippen LogP contribution in [0.3, 0.4) is 0 Å². The molecule has 1 aliphatic heterocycles. The second-order valence-electron chi connectivity index (χ2n) is 5.17. The third-order valence-electron chi connectivity index (χ3n) is 3.59. The molecule has 4 nitrogen and oxygen atoms in total. The molecule has 1 unspecified atom stereocenters. The van der Waals surface area contributed by atoms with E-state index in [1.807, 2.05) is 18.2 Å². The Morgan fingerprint density at radius 2 is 2.22 bits per heavy atom. The minimum atomic E-state index is 0.727. The standard InChI is InChI=1S/C14H18N4/c1-10-3-2-6-18(8-10)14-12-7-11(15)4-5-13(12)16-9-17-14/h4-5,7,9-10H,2-3,6,8,15H2,1H3. The lowest BCUT2D eigenvalue weighted by molar-refractivity contribution is 0.445. The fourth-order valence-corrected chi connectivity index (χ4v) is 2.69. The van der Waals surface area contributed by atoms with Crippen LogP contribution in [0.4, 0.5) is 11.5 Å². The smallest absolute Gasteiger partial charge is 0.139 e. The minimum absolute atomic E-state index is 0.727. The summed E-state index contributed by atoms with van der Waals surface area (Å²) in [6, 6.07) is 5.82. The van der Waals surface area contributed by atoms with Gasteiger partial charge in [0, 0.05) is 24.2 Å². The van der Waals surface area contributed by atoms with Crippen molar-refractivity contribution in [2.75, 3.05) is 23.7 Å². The zero-order chi connectivity index (χ0) is 12.5. The summed E-state index contributed by atoms with van der Waals surface area (Å²) in [5, 5.41) is 1.06. The monoisotopic (exact) mass is 242 g/mol. The number of benzene rings is 1. The highest BCUT2D eigenvalue weighted by Crippen LogP contribution is 2.28. The predicted octanol–water partition coefficient (Wildman–Crippen LogP) is 2.45. The quantitative estimate of drug-likeness (QED) is 0.780. The molecule has 18 heavy (non-hydrogen) atoms. The van der Waals surface area contributed by atoms with Gasteiger partial charge in [-0.1, -0.05) is 6.92 Å². The van der Waals surface area contributed by atoms with Gasteiger partial charge in [0.05, 0.1) is 5.52 Å². The van der Waals surface area contributed by atoms with Gasteiger partial charge in [0.25, 0.3) is 0 Å². The van der Waals surface area contributed by atoms with Gasteiger partial charge in [-0.2, -0.15) is 0 Å². The van der Waals surface area contributed by atoms with Gasteiger partial charge in [0.15, 0.2) is 0 Å². The Bertz CT molecular complexity index is 567. The van der Waals surface area contributed by atoms with Crippen LogP contribution in [0.2, 0.25) is 0 Å². The Balaban J connectivity index is 2.07. The van der Waals surface area contributed by atoms with E-state index in [1.165, 1.54) is 12.8 Å². The first-order valence-corrected chi connectivity index (χ1v) is 6.49. The summed E-state index contributed by atoms with van der Waals surface area (Å²) in [6.45, 7) is 4.44. The summed E-state index contributed by atoms with van der Waals surface area (Å²) >= 11 is 0. The molecule has 2 aromatic rings. The number of nitrogen functional groups attached to an aromatic ring is 1. The van der Waals surface area contributed by atoms with Gasteiger partial charge in [0.2, 0.25) is 0 Å². The van der Waals surface area contributed by atoms with Gasteiger partial charge >= 0.3 is 0 Å². The van der Waals surface area contributed by atoms with Crippen molar-refractivity contribution in [3.63, 3.8) is 0 Å². The summed E-state index contributed by atoms with van der Waals surface area (Å²) in [5.74, 6) is 1.75. The van der Waals surface area contributed by atoms with E-state index in [4.69, 9.17) is 5.73 Å². The zero-order valence-electron chi connectivity index (χ0n) is 10.6. The SMILES string of the molecule is CC1CCCN(c2ncnc3ccc(N)cc23)C1. The number of hydrogen-bond acceptors (Lipinski definition) is 4. The maximum Gasteiger partial charge on any atom is 0.139 e. The number of nitrogens with two attached hydrogens (primary N) is 1. The first-order chi connectivity index (χ1) is 8.74. The molecule has 0 radical (unpaired) electrons. The number of piperidine rings is 1. The van der Waals surface area contributed by atoms with E-state index in [0.717, 1.165) is 41.4 Å². The highest BCUT2D eigenvalue weighted by molar-refractivity contribution is 5.91. The van der Waals surface area contributed by atoms with Gasteiger partial charge in [-0.05, 0) is 37.0 Å². The molecule has 0 bridgehead atoms. The Morgan fingerprint density at radius 1 is 1.33 bits per heavy atom. The maximum absolute atomic E-state index is 5.88. The minimum Gasteiger partial charge on any atom is -0.399 e. The molecule has 0 spiro atoms. The average molecular weight is 242 g/mol. The normalized spacial score (nSPS) is 20.3. The Morgan fingerprint density at radius 3 is 3.06 bits per heavy atom. The highest BCUT2D eigenvalue weighted by Gasteiger charge is 2.19. The molecule has 0 aliphatic carbocycles. The van der Waals surface area contributed by atoms with Crippen molar-refractivity contribution in [1.82, 2.24) is 9.97 Å². The Hall–Kier alpha value is -1.84. The molecular weight excluding hydrogens is 224 g/mol. The van der Waals surface area contributed by atoms with Crippen molar-refractivity contribution in [3.8, 4) is 0 Å². The molecular formula is C14H18N4. The van der Waals surface area contributed by atoms with Crippen LogP contribution in [0.1, 0.15) is 19.8 Å². The molecule has 0 amide bonds. The van der Waals surface area contributed by atoms with E-state index in [1.54, 1.807) is 6.33 Å². The molecule has 2 heterocycles. The largest absolute Gasteiger partial charge is 0.399 e. The maximum atomic E-state index is 5.88. The van der Waals surface area contributed by atoms with Crippen LogP contribution in [0.25, 0.3) is 10.9 Å². The molecule has 94 valence electrons. The third-order valence-corrected chi connectivity index (χ3v) is 3.59. The Labute approximate surface area is 107 Å². The number of nitrogens with zero attached hydrogens (tertiary/aromatic N) is 3. The fourth-order valence-electron chi connectivity index (χ4n) is 2.69. The summed E-state index contributed by atoms with van der Waals surface area (Å²) in [4.78, 5) is 11.1. The van der Waals surface area contributed by atoms with Crippen LogP contribution in [0.5, 0.6) is 0 Å². The van der Waals surface area contributed by atoms with Gasteiger partial charge in [0.1, 0.15) is 12.1 Å². The molecule has 2 N–H and O–H groups in total. The van der Waals surface area contributed by atoms with E-state index in [0.29, 0.717) is 0 Å². The average Bonchev–Trinajstić information content (AvgIpc) is 2.38. The first kappa shape index (κ1) is 11.3. The molecule has 1 aromatic heterocycles. The molecule has 1 saturated heterocycles. The number of hydrogen-bond donors (Lipinski definition) is 1. The first-order valence-electron chi connectivity index (χ1n) is 6.49. The van der Waals surface area contributed by atoms with Crippen molar-refractivity contribution in [2.24, 2.45) is 5.92 Å². The summed E-state index contributed by atoms with van der Waals surface area (Å²) in [6.07, 6.45) is 4.18. The number of aromatic nitrogens is 2. The van der Waals surface area contributed by atoms with Crippen molar-refractivity contribution in [3.05, 3.63) is 24.5 Å². The van der Waals surface area contributed by atoms with Crippen molar-refractivity contribution in [2.45, 2.75) is 19.8 Å². The van der Waals surface area contributed by atoms with Crippen LogP contribution in [0, 0.1) is 5.92 Å². The molecule has 3 rings (SSSR count). The summed E-state index contributed by atoms with van der Waals surface area (Å²) in [5.41, 5.74) is 7.61. The van der Waals surface area contributed by atoms with Crippen LogP contribution >= 0.6 is 0 Å². The second kappa shape index (κ2) is 4.44. The van der Waals surface area contributed by atoms with Gasteiger partial charge in [-0.3, -0.25) is 0 Å². The number of fused-ring (bicyclic) bond motifs is 1. The lowest BCUT2D eigenvalue weighted by atomic mass is 10.00. The molecule has 4 heteroatoms. The fraction of sp³-hybridized carbons (Fsp3) is 0.429. The summed E-state index contributed by atoms with van der Waals surface area (Å²) in [7, 11) is 0. The third kappa shape index (κ3) is 1.98. The van der Waals surface area contributed by atoms with Crippen LogP contribution in [-0.4, -0.2) is 23.1 Å². The summed E-state index contributed by atoms with van der Waals surface area (Å²) < 4.78 is 0. The molecule has 1 aromatic carbocycles. The number of rotatable bonds is 1. The lowest BCUT2D eigenvalue weighted by Crippen LogP contribution is -2.34. The van der Waals surface area contributed by atoms with E-state index in [9.17, 15) is 0 Å². The van der Waals surface area contributed by atoms with Crippen LogP contribution < -0.4 is 10.6 Å². The zero-order valence-corrected chi connectivity index (χ0v) is 10.6. The lowest BCUT2D eigenvalue weighted by Gasteiger charge is -2.32. The van der Waals surface area contributed by atoms with E-state index >= 15 is 0 Å². The van der Waals surface area contributed by atoms with Crippen LogP contribution in [0.15, 0.2) is 24.5 Å². The van der Waals surface area contributed by atoms with Gasteiger partial charge in [-0.25, -0.2) is 9.97 Å². The second-order valence-corrected chi connectivity index (χ2v) is 5.17. The van der Waals surface area contributed by atoms with Crippen LogP contribution in [-0.2, 0) is 0 Å². The van der Waals surface area contributed by atoms with Crippen molar-refractivity contribution < 1.29 is 0 Å². The Kier molecular flexibility index (Phi) is 2.78. The van der Waals surface area contributed by atoms with E-state index < -0.39 is 0 Å². The van der Waals surface area contributed by atoms with Crippen molar-refractivity contribution >= 4 is 22.4 Å². The molecule has 1 fully saturated rings. The van der Waals surface area contributed by atoms with E-state index in [-0.39, 0.29) is 0 Å². The molecule has 1 atom stereocenters. The van der Waals surface area contributed by atoms with Crippen molar-refractivity contribution in [1.29, 1.82) is 0 Å². The predicted molar refractivity (Wildman–Crippen MR) is 74.6 cm³/mol.